The van der Waals surface area contributed by atoms with Gasteiger partial charge in [-0.3, -0.25) is 9.69 Å². The highest BCUT2D eigenvalue weighted by atomic mass is 79.9. The molecule has 0 unspecified atom stereocenters. The van der Waals surface area contributed by atoms with E-state index in [-0.39, 0.29) is 5.56 Å². The van der Waals surface area contributed by atoms with Gasteiger partial charge in [0, 0.05) is 39.8 Å². The topological polar surface area (TPSA) is 50.6 Å². The Morgan fingerprint density at radius 1 is 1.17 bits per heavy atom. The largest absolute Gasteiger partial charge is 0.492 e. The van der Waals surface area contributed by atoms with E-state index in [0.29, 0.717) is 11.1 Å². The number of rotatable bonds is 5. The van der Waals surface area contributed by atoms with Crippen LogP contribution in [-0.4, -0.2) is 54.0 Å². The third-order valence-corrected chi connectivity index (χ3v) is 4.94. The smallest absolute Gasteiger partial charge is 0.282 e. The minimum Gasteiger partial charge on any atom is -0.492 e. The fraction of sp³-hybridized carbons (Fsp3) is 0.412. The number of benzene rings is 1. The normalized spacial score (nSPS) is 15.5. The SMILES string of the molecule is Cn1ncc(N2CCN(CCOc3ccccc3)CC2)c(Br)c1=O. The summed E-state index contributed by atoms with van der Waals surface area (Å²) in [5.41, 5.74) is 0.768. The van der Waals surface area contributed by atoms with Crippen molar-refractivity contribution in [2.75, 3.05) is 44.2 Å². The van der Waals surface area contributed by atoms with Crippen molar-refractivity contribution in [2.45, 2.75) is 0 Å². The lowest BCUT2D eigenvalue weighted by atomic mass is 10.3. The molecular weight excluding hydrogens is 372 g/mol. The lowest BCUT2D eigenvalue weighted by Gasteiger charge is -2.36. The molecule has 0 radical (unpaired) electrons. The van der Waals surface area contributed by atoms with E-state index in [0.717, 1.165) is 44.2 Å². The maximum Gasteiger partial charge on any atom is 0.282 e. The molecule has 1 fully saturated rings. The molecule has 6 nitrogen and oxygen atoms in total. The average Bonchev–Trinajstić information content (AvgIpc) is 2.62. The number of para-hydroxylation sites is 1. The van der Waals surface area contributed by atoms with E-state index < -0.39 is 0 Å². The lowest BCUT2D eigenvalue weighted by Crippen LogP contribution is -2.48. The number of aromatic nitrogens is 2. The van der Waals surface area contributed by atoms with E-state index >= 15 is 0 Å². The van der Waals surface area contributed by atoms with Crippen LogP contribution in [0.5, 0.6) is 5.75 Å². The first kappa shape index (κ1) is 17.0. The molecule has 1 aromatic carbocycles. The molecule has 1 saturated heterocycles. The van der Waals surface area contributed by atoms with Crippen molar-refractivity contribution < 1.29 is 4.74 Å². The van der Waals surface area contributed by atoms with Gasteiger partial charge in [-0.25, -0.2) is 4.68 Å². The Balaban J connectivity index is 1.49. The second-order valence-corrected chi connectivity index (χ2v) is 6.56. The Morgan fingerprint density at radius 2 is 1.88 bits per heavy atom. The van der Waals surface area contributed by atoms with E-state index in [1.165, 1.54) is 4.68 Å². The summed E-state index contributed by atoms with van der Waals surface area (Å²) in [4.78, 5) is 16.6. The van der Waals surface area contributed by atoms with E-state index in [2.05, 4.69) is 30.8 Å². The zero-order valence-electron chi connectivity index (χ0n) is 13.7. The predicted molar refractivity (Wildman–Crippen MR) is 97.8 cm³/mol. The van der Waals surface area contributed by atoms with Gasteiger partial charge in [0.2, 0.25) is 0 Å². The van der Waals surface area contributed by atoms with Crippen LogP contribution in [0.1, 0.15) is 0 Å². The van der Waals surface area contributed by atoms with Gasteiger partial charge in [-0.1, -0.05) is 18.2 Å². The molecule has 2 aromatic rings. The van der Waals surface area contributed by atoms with E-state index in [9.17, 15) is 4.79 Å². The Bertz CT molecular complexity index is 727. The number of aryl methyl sites for hydroxylation is 1. The van der Waals surface area contributed by atoms with E-state index in [1.807, 2.05) is 30.3 Å². The summed E-state index contributed by atoms with van der Waals surface area (Å²) in [6.45, 7) is 5.22. The Hall–Kier alpha value is -1.86. The van der Waals surface area contributed by atoms with Crippen molar-refractivity contribution >= 4 is 21.6 Å². The molecule has 1 aliphatic rings. The molecule has 0 bridgehead atoms. The van der Waals surface area contributed by atoms with Crippen LogP contribution in [0.3, 0.4) is 0 Å². The molecular formula is C17H21BrN4O2. The van der Waals surface area contributed by atoms with Crippen LogP contribution >= 0.6 is 15.9 Å². The molecule has 24 heavy (non-hydrogen) atoms. The summed E-state index contributed by atoms with van der Waals surface area (Å²) in [5.74, 6) is 0.909. The Kier molecular flexibility index (Phi) is 5.52. The zero-order chi connectivity index (χ0) is 16.9. The number of hydrogen-bond acceptors (Lipinski definition) is 5. The molecule has 0 spiro atoms. The molecule has 1 aromatic heterocycles. The number of piperazine rings is 1. The molecule has 3 rings (SSSR count). The van der Waals surface area contributed by atoms with Gasteiger partial charge in [0.05, 0.1) is 11.9 Å². The Labute approximate surface area is 149 Å². The van der Waals surface area contributed by atoms with Crippen molar-refractivity contribution in [1.29, 1.82) is 0 Å². The molecule has 7 heteroatoms. The number of hydrogen-bond donors (Lipinski definition) is 0. The van der Waals surface area contributed by atoms with Crippen molar-refractivity contribution in [3.63, 3.8) is 0 Å². The molecule has 0 N–H and O–H groups in total. The number of anilines is 1. The van der Waals surface area contributed by atoms with E-state index in [1.54, 1.807) is 13.2 Å². The number of ether oxygens (including phenoxy) is 1. The van der Waals surface area contributed by atoms with Crippen molar-refractivity contribution in [2.24, 2.45) is 7.05 Å². The third-order valence-electron chi connectivity index (χ3n) is 4.19. The van der Waals surface area contributed by atoms with Crippen molar-refractivity contribution in [1.82, 2.24) is 14.7 Å². The summed E-state index contributed by atoms with van der Waals surface area (Å²) in [5, 5.41) is 4.12. The first-order chi connectivity index (χ1) is 11.6. The fourth-order valence-corrected chi connectivity index (χ4v) is 3.35. The van der Waals surface area contributed by atoms with Crippen molar-refractivity contribution in [3.8, 4) is 5.75 Å². The van der Waals surface area contributed by atoms with Crippen molar-refractivity contribution in [3.05, 3.63) is 51.4 Å². The van der Waals surface area contributed by atoms with Gasteiger partial charge in [-0.2, -0.15) is 5.10 Å². The molecule has 0 amide bonds. The summed E-state index contributed by atoms with van der Waals surface area (Å²) < 4.78 is 7.67. The average molecular weight is 393 g/mol. The zero-order valence-corrected chi connectivity index (χ0v) is 15.3. The van der Waals surface area contributed by atoms with Crippen LogP contribution in [0.25, 0.3) is 0 Å². The standard InChI is InChI=1S/C17H21BrN4O2/c1-20-17(23)16(18)15(13-19-20)22-9-7-21(8-10-22)11-12-24-14-5-3-2-4-6-14/h2-6,13H,7-12H2,1H3. The highest BCUT2D eigenvalue weighted by molar-refractivity contribution is 9.10. The molecule has 1 aliphatic heterocycles. The maximum absolute atomic E-state index is 12.0. The van der Waals surface area contributed by atoms with Gasteiger partial charge in [0.1, 0.15) is 16.8 Å². The quantitative estimate of drug-likeness (QED) is 0.775. The highest BCUT2D eigenvalue weighted by Crippen LogP contribution is 2.22. The monoisotopic (exact) mass is 392 g/mol. The molecule has 0 atom stereocenters. The fourth-order valence-electron chi connectivity index (χ4n) is 2.74. The van der Waals surface area contributed by atoms with Gasteiger partial charge >= 0.3 is 0 Å². The van der Waals surface area contributed by atoms with E-state index in [4.69, 9.17) is 4.74 Å². The van der Waals surface area contributed by atoms with Gasteiger partial charge < -0.3 is 9.64 Å². The summed E-state index contributed by atoms with van der Waals surface area (Å²) in [6.07, 6.45) is 1.75. The van der Waals surface area contributed by atoms with Gasteiger partial charge in [-0.05, 0) is 28.1 Å². The second-order valence-electron chi connectivity index (χ2n) is 5.76. The van der Waals surface area contributed by atoms with Gasteiger partial charge in [-0.15, -0.1) is 0 Å². The summed E-state index contributed by atoms with van der Waals surface area (Å²) in [7, 11) is 1.65. The van der Waals surface area contributed by atoms with Crippen LogP contribution in [0.2, 0.25) is 0 Å². The first-order valence-corrected chi connectivity index (χ1v) is 8.81. The molecule has 128 valence electrons. The molecule has 2 heterocycles. The number of nitrogens with zero attached hydrogens (tertiary/aromatic N) is 4. The number of halogens is 1. The van der Waals surface area contributed by atoms with Gasteiger partial charge in [0.25, 0.3) is 5.56 Å². The second kappa shape index (κ2) is 7.81. The van der Waals surface area contributed by atoms with Crippen LogP contribution in [0, 0.1) is 0 Å². The highest BCUT2D eigenvalue weighted by Gasteiger charge is 2.20. The summed E-state index contributed by atoms with van der Waals surface area (Å²) in [6, 6.07) is 9.88. The Morgan fingerprint density at radius 3 is 2.58 bits per heavy atom. The summed E-state index contributed by atoms with van der Waals surface area (Å²) >= 11 is 3.40. The minimum absolute atomic E-state index is 0.105. The van der Waals surface area contributed by atoms with Crippen LogP contribution < -0.4 is 15.2 Å². The van der Waals surface area contributed by atoms with Crippen LogP contribution in [0.15, 0.2) is 45.8 Å². The lowest BCUT2D eigenvalue weighted by molar-refractivity contribution is 0.200. The van der Waals surface area contributed by atoms with Crippen LogP contribution in [0.4, 0.5) is 5.69 Å². The predicted octanol–water partition coefficient (Wildman–Crippen LogP) is 1.74. The third kappa shape index (κ3) is 3.96. The minimum atomic E-state index is -0.105. The molecule has 0 saturated carbocycles. The first-order valence-electron chi connectivity index (χ1n) is 8.02. The van der Waals surface area contributed by atoms with Crippen LogP contribution in [-0.2, 0) is 7.05 Å². The van der Waals surface area contributed by atoms with Gasteiger partial charge in [0.15, 0.2) is 0 Å². The maximum atomic E-state index is 12.0. The molecule has 0 aliphatic carbocycles.